The van der Waals surface area contributed by atoms with E-state index in [1.807, 2.05) is 6.07 Å². The van der Waals surface area contributed by atoms with Gasteiger partial charge in [-0.15, -0.1) is 0 Å². The van der Waals surface area contributed by atoms with Crippen LogP contribution in [0.25, 0.3) is 0 Å². The minimum Gasteiger partial charge on any atom is -0.379 e. The number of nitrogens with zero attached hydrogens (tertiary/aromatic N) is 2. The van der Waals surface area contributed by atoms with Gasteiger partial charge in [0.05, 0.1) is 6.61 Å². The lowest BCUT2D eigenvalue weighted by atomic mass is 10.2. The van der Waals surface area contributed by atoms with Crippen molar-refractivity contribution in [3.05, 3.63) is 33.7 Å². The largest absolute Gasteiger partial charge is 0.379 e. The average molecular weight is 232 g/mol. The lowest BCUT2D eigenvalue weighted by molar-refractivity contribution is 0.116. The molecule has 4 nitrogen and oxygen atoms in total. The van der Waals surface area contributed by atoms with E-state index in [9.17, 15) is 4.79 Å². The van der Waals surface area contributed by atoms with Crippen LogP contribution in [0.5, 0.6) is 0 Å². The van der Waals surface area contributed by atoms with E-state index in [2.05, 4.69) is 0 Å². The van der Waals surface area contributed by atoms with Gasteiger partial charge in [0.15, 0.2) is 0 Å². The average Bonchev–Trinajstić information content (AvgIpc) is 3.11. The first-order valence-corrected chi connectivity index (χ1v) is 5.90. The Morgan fingerprint density at radius 1 is 1.59 bits per heavy atom. The third-order valence-corrected chi connectivity index (χ3v) is 3.01. The molecule has 17 heavy (non-hydrogen) atoms. The van der Waals surface area contributed by atoms with Crippen molar-refractivity contribution in [2.24, 2.45) is 5.92 Å². The van der Waals surface area contributed by atoms with Crippen molar-refractivity contribution in [1.29, 1.82) is 5.26 Å². The van der Waals surface area contributed by atoms with Crippen molar-refractivity contribution in [1.82, 2.24) is 4.57 Å². The number of aromatic nitrogens is 1. The van der Waals surface area contributed by atoms with Gasteiger partial charge in [-0.25, -0.2) is 0 Å². The molecule has 0 aromatic carbocycles. The first-order chi connectivity index (χ1) is 8.22. The summed E-state index contributed by atoms with van der Waals surface area (Å²) >= 11 is 0. The molecule has 1 aromatic rings. The van der Waals surface area contributed by atoms with E-state index < -0.39 is 0 Å². The van der Waals surface area contributed by atoms with Gasteiger partial charge in [0.1, 0.15) is 11.6 Å². The summed E-state index contributed by atoms with van der Waals surface area (Å²) in [4.78, 5) is 11.8. The van der Waals surface area contributed by atoms with Gasteiger partial charge in [-0.3, -0.25) is 4.79 Å². The lowest BCUT2D eigenvalue weighted by Gasteiger charge is -2.07. The summed E-state index contributed by atoms with van der Waals surface area (Å²) in [5, 5.41) is 8.88. The second-order valence-corrected chi connectivity index (χ2v) is 4.50. The van der Waals surface area contributed by atoms with Crippen LogP contribution in [0, 0.1) is 24.2 Å². The minimum atomic E-state index is -0.220. The van der Waals surface area contributed by atoms with Gasteiger partial charge >= 0.3 is 0 Å². The van der Waals surface area contributed by atoms with E-state index in [1.165, 1.54) is 12.8 Å². The first kappa shape index (κ1) is 11.9. The summed E-state index contributed by atoms with van der Waals surface area (Å²) in [6.07, 6.45) is 4.26. The van der Waals surface area contributed by atoms with E-state index in [1.54, 1.807) is 23.8 Å². The molecule has 1 aromatic heterocycles. The molecule has 1 saturated carbocycles. The van der Waals surface area contributed by atoms with E-state index >= 15 is 0 Å². The molecule has 1 fully saturated rings. The zero-order valence-electron chi connectivity index (χ0n) is 9.98. The molecule has 1 aliphatic carbocycles. The highest BCUT2D eigenvalue weighted by atomic mass is 16.5. The highest BCUT2D eigenvalue weighted by molar-refractivity contribution is 5.33. The molecular formula is C13H16N2O2. The number of nitriles is 1. The Morgan fingerprint density at radius 3 is 3.00 bits per heavy atom. The van der Waals surface area contributed by atoms with Gasteiger partial charge in [0.25, 0.3) is 5.56 Å². The number of hydrogen-bond donors (Lipinski definition) is 0. The van der Waals surface area contributed by atoms with Crippen LogP contribution in [0.15, 0.2) is 17.1 Å². The minimum absolute atomic E-state index is 0.220. The van der Waals surface area contributed by atoms with Crippen LogP contribution in [-0.2, 0) is 11.3 Å². The molecule has 1 heterocycles. The maximum atomic E-state index is 11.8. The van der Waals surface area contributed by atoms with Gasteiger partial charge in [0, 0.05) is 19.3 Å². The van der Waals surface area contributed by atoms with Crippen LogP contribution in [-0.4, -0.2) is 17.8 Å². The van der Waals surface area contributed by atoms with Crippen LogP contribution in [0.4, 0.5) is 0 Å². The number of hydrogen-bond acceptors (Lipinski definition) is 3. The number of pyridine rings is 1. The topological polar surface area (TPSA) is 55.0 Å². The van der Waals surface area contributed by atoms with Crippen LogP contribution in [0.2, 0.25) is 0 Å². The SMILES string of the molecule is Cc1ccn(CCOCC2CC2)c(=O)c1C#N. The molecule has 0 aliphatic heterocycles. The Morgan fingerprint density at radius 2 is 2.35 bits per heavy atom. The molecule has 0 saturated heterocycles. The van der Waals surface area contributed by atoms with Crippen molar-refractivity contribution in [3.63, 3.8) is 0 Å². The van der Waals surface area contributed by atoms with Crippen molar-refractivity contribution in [2.75, 3.05) is 13.2 Å². The van der Waals surface area contributed by atoms with Crippen molar-refractivity contribution >= 4 is 0 Å². The second kappa shape index (κ2) is 5.15. The highest BCUT2D eigenvalue weighted by Gasteiger charge is 2.20. The first-order valence-electron chi connectivity index (χ1n) is 5.90. The van der Waals surface area contributed by atoms with Crippen LogP contribution in [0.1, 0.15) is 24.0 Å². The third-order valence-electron chi connectivity index (χ3n) is 3.01. The predicted octanol–water partition coefficient (Wildman–Crippen LogP) is 1.45. The smallest absolute Gasteiger partial charge is 0.268 e. The molecule has 90 valence electrons. The normalized spacial score (nSPS) is 14.6. The molecule has 0 bridgehead atoms. The quantitative estimate of drug-likeness (QED) is 0.722. The van der Waals surface area contributed by atoms with E-state index in [0.29, 0.717) is 13.2 Å². The lowest BCUT2D eigenvalue weighted by Crippen LogP contribution is -2.25. The Bertz CT molecular complexity index is 495. The van der Waals surface area contributed by atoms with Gasteiger partial charge in [-0.2, -0.15) is 5.26 Å². The molecule has 1 aliphatic rings. The van der Waals surface area contributed by atoms with Crippen molar-refractivity contribution in [3.8, 4) is 6.07 Å². The molecule has 0 atom stereocenters. The third kappa shape index (κ3) is 2.95. The summed E-state index contributed by atoms with van der Waals surface area (Å²) in [5.41, 5.74) is 0.741. The molecule has 0 spiro atoms. The fraction of sp³-hybridized carbons (Fsp3) is 0.538. The Labute approximate surface area is 100 Å². The fourth-order valence-corrected chi connectivity index (χ4v) is 1.67. The zero-order chi connectivity index (χ0) is 12.3. The van der Waals surface area contributed by atoms with E-state index in [-0.39, 0.29) is 11.1 Å². The van der Waals surface area contributed by atoms with Gasteiger partial charge < -0.3 is 9.30 Å². The fourth-order valence-electron chi connectivity index (χ4n) is 1.67. The van der Waals surface area contributed by atoms with Crippen LogP contribution in [0.3, 0.4) is 0 Å². The van der Waals surface area contributed by atoms with Crippen molar-refractivity contribution in [2.45, 2.75) is 26.3 Å². The monoisotopic (exact) mass is 232 g/mol. The van der Waals surface area contributed by atoms with Gasteiger partial charge in [-0.05, 0) is 37.3 Å². The Balaban J connectivity index is 1.95. The standard InChI is InChI=1S/C13H16N2O2/c1-10-4-5-15(13(16)12(10)8-14)6-7-17-9-11-2-3-11/h4-5,11H,2-3,6-7,9H2,1H3. The Hall–Kier alpha value is -1.60. The maximum Gasteiger partial charge on any atom is 0.268 e. The van der Waals surface area contributed by atoms with E-state index in [0.717, 1.165) is 18.1 Å². The number of ether oxygens (including phenoxy) is 1. The molecule has 0 N–H and O–H groups in total. The number of aryl methyl sites for hydroxylation is 1. The van der Waals surface area contributed by atoms with Crippen molar-refractivity contribution < 1.29 is 4.74 Å². The summed E-state index contributed by atoms with van der Waals surface area (Å²) in [6.45, 7) is 3.62. The van der Waals surface area contributed by atoms with Gasteiger partial charge in [-0.1, -0.05) is 0 Å². The molecular weight excluding hydrogens is 216 g/mol. The second-order valence-electron chi connectivity index (χ2n) is 4.50. The maximum absolute atomic E-state index is 11.8. The van der Waals surface area contributed by atoms with E-state index in [4.69, 9.17) is 10.00 Å². The molecule has 0 amide bonds. The Kier molecular flexibility index (Phi) is 3.60. The van der Waals surface area contributed by atoms with Gasteiger partial charge in [0.2, 0.25) is 0 Å². The predicted molar refractivity (Wildman–Crippen MR) is 63.7 cm³/mol. The number of rotatable bonds is 5. The summed E-state index contributed by atoms with van der Waals surface area (Å²) < 4.78 is 7.02. The van der Waals surface area contributed by atoms with Crippen LogP contribution < -0.4 is 5.56 Å². The molecule has 0 unspecified atom stereocenters. The highest BCUT2D eigenvalue weighted by Crippen LogP contribution is 2.28. The summed E-state index contributed by atoms with van der Waals surface area (Å²) in [5.74, 6) is 0.736. The molecule has 4 heteroatoms. The molecule has 0 radical (unpaired) electrons. The van der Waals surface area contributed by atoms with Crippen LogP contribution >= 0.6 is 0 Å². The zero-order valence-corrected chi connectivity index (χ0v) is 9.98. The summed E-state index contributed by atoms with van der Waals surface area (Å²) in [6, 6.07) is 3.74. The molecule has 2 rings (SSSR count). The summed E-state index contributed by atoms with van der Waals surface area (Å²) in [7, 11) is 0.